The van der Waals surface area contributed by atoms with Crippen molar-refractivity contribution in [3.63, 3.8) is 0 Å². The number of amides is 1. The molecule has 0 saturated carbocycles. The SMILES string of the molecule is O=C(COc1ccccc1[N+](=O)[O-])N1CCN(c2ccncc2)CC1. The standard InChI is InChI=1S/C17H18N4O4/c22-17(13-25-16-4-2-1-3-15(16)21(23)24)20-11-9-19(10-12-20)14-5-7-18-8-6-14/h1-8H,9-13H2. The molecule has 0 N–H and O–H groups in total. The predicted octanol–water partition coefficient (Wildman–Crippen LogP) is 1.72. The summed E-state index contributed by atoms with van der Waals surface area (Å²) in [6, 6.07) is 9.93. The first-order valence-electron chi connectivity index (χ1n) is 7.94. The minimum atomic E-state index is -0.521. The van der Waals surface area contributed by atoms with E-state index in [1.165, 1.54) is 12.1 Å². The van der Waals surface area contributed by atoms with E-state index in [0.29, 0.717) is 13.1 Å². The normalized spacial score (nSPS) is 14.2. The number of carbonyl (C=O) groups is 1. The Morgan fingerprint density at radius 2 is 1.80 bits per heavy atom. The van der Waals surface area contributed by atoms with E-state index in [9.17, 15) is 14.9 Å². The summed E-state index contributed by atoms with van der Waals surface area (Å²) < 4.78 is 5.37. The van der Waals surface area contributed by atoms with Crippen LogP contribution in [0.1, 0.15) is 0 Å². The molecule has 0 spiro atoms. The minimum absolute atomic E-state index is 0.108. The number of hydrogen-bond acceptors (Lipinski definition) is 6. The Labute approximate surface area is 144 Å². The Morgan fingerprint density at radius 3 is 2.48 bits per heavy atom. The molecule has 0 atom stereocenters. The average Bonchev–Trinajstić information content (AvgIpc) is 2.67. The van der Waals surface area contributed by atoms with Crippen molar-refractivity contribution in [2.45, 2.75) is 0 Å². The maximum atomic E-state index is 12.3. The quantitative estimate of drug-likeness (QED) is 0.607. The number of piperazine rings is 1. The Kier molecular flexibility index (Phi) is 5.08. The van der Waals surface area contributed by atoms with E-state index >= 15 is 0 Å². The van der Waals surface area contributed by atoms with Crippen LogP contribution >= 0.6 is 0 Å². The van der Waals surface area contributed by atoms with Crippen LogP contribution in [0.4, 0.5) is 11.4 Å². The van der Waals surface area contributed by atoms with Crippen LogP contribution < -0.4 is 9.64 Å². The van der Waals surface area contributed by atoms with Gasteiger partial charge in [-0.05, 0) is 18.2 Å². The summed E-state index contributed by atoms with van der Waals surface area (Å²) in [4.78, 5) is 30.6. The Bertz CT molecular complexity index is 745. The van der Waals surface area contributed by atoms with Crippen LogP contribution in [0.5, 0.6) is 5.75 Å². The molecule has 25 heavy (non-hydrogen) atoms. The molecule has 8 heteroatoms. The Balaban J connectivity index is 1.53. The fourth-order valence-corrected chi connectivity index (χ4v) is 2.73. The van der Waals surface area contributed by atoms with E-state index in [-0.39, 0.29) is 24.0 Å². The second-order valence-electron chi connectivity index (χ2n) is 5.59. The number of nitro benzene ring substituents is 1. The highest BCUT2D eigenvalue weighted by Crippen LogP contribution is 2.25. The number of nitro groups is 1. The van der Waals surface area contributed by atoms with Crippen molar-refractivity contribution in [1.29, 1.82) is 0 Å². The van der Waals surface area contributed by atoms with Crippen molar-refractivity contribution in [2.75, 3.05) is 37.7 Å². The molecule has 1 aliphatic heterocycles. The molecule has 0 radical (unpaired) electrons. The van der Waals surface area contributed by atoms with Gasteiger partial charge in [-0.1, -0.05) is 12.1 Å². The molecular weight excluding hydrogens is 324 g/mol. The molecule has 130 valence electrons. The summed E-state index contributed by atoms with van der Waals surface area (Å²) in [5.74, 6) is -0.0659. The van der Waals surface area contributed by atoms with Gasteiger partial charge in [0.05, 0.1) is 4.92 Å². The maximum Gasteiger partial charge on any atom is 0.310 e. The van der Waals surface area contributed by atoms with Gasteiger partial charge >= 0.3 is 5.69 Å². The molecular formula is C17H18N4O4. The molecule has 3 rings (SSSR count). The lowest BCUT2D eigenvalue weighted by Gasteiger charge is -2.36. The van der Waals surface area contributed by atoms with Crippen molar-refractivity contribution in [1.82, 2.24) is 9.88 Å². The Hall–Kier alpha value is -3.16. The lowest BCUT2D eigenvalue weighted by atomic mass is 10.2. The van der Waals surface area contributed by atoms with E-state index in [1.807, 2.05) is 12.1 Å². The van der Waals surface area contributed by atoms with Gasteiger partial charge in [-0.25, -0.2) is 0 Å². The summed E-state index contributed by atoms with van der Waals surface area (Å²) in [7, 11) is 0. The van der Waals surface area contributed by atoms with Gasteiger partial charge in [0.25, 0.3) is 5.91 Å². The lowest BCUT2D eigenvalue weighted by molar-refractivity contribution is -0.385. The number of carbonyl (C=O) groups excluding carboxylic acids is 1. The molecule has 1 fully saturated rings. The molecule has 0 aliphatic carbocycles. The average molecular weight is 342 g/mol. The third-order valence-corrected chi connectivity index (χ3v) is 4.07. The van der Waals surface area contributed by atoms with E-state index in [0.717, 1.165) is 18.8 Å². The van der Waals surface area contributed by atoms with Crippen LogP contribution in [-0.2, 0) is 4.79 Å². The van der Waals surface area contributed by atoms with Crippen molar-refractivity contribution < 1.29 is 14.5 Å². The first kappa shape index (κ1) is 16.7. The number of pyridine rings is 1. The topological polar surface area (TPSA) is 88.8 Å². The number of nitrogens with zero attached hydrogens (tertiary/aromatic N) is 4. The zero-order valence-corrected chi connectivity index (χ0v) is 13.6. The first-order chi connectivity index (χ1) is 12.1. The first-order valence-corrected chi connectivity index (χ1v) is 7.94. The molecule has 1 amide bonds. The fourth-order valence-electron chi connectivity index (χ4n) is 2.73. The van der Waals surface area contributed by atoms with Crippen LogP contribution in [0.3, 0.4) is 0 Å². The van der Waals surface area contributed by atoms with Gasteiger partial charge in [0.1, 0.15) is 0 Å². The highest BCUT2D eigenvalue weighted by molar-refractivity contribution is 5.78. The van der Waals surface area contributed by atoms with Gasteiger partial charge in [0, 0.05) is 50.3 Å². The summed E-state index contributed by atoms with van der Waals surface area (Å²) in [6.45, 7) is 2.41. The number of anilines is 1. The van der Waals surface area contributed by atoms with Crippen molar-refractivity contribution in [2.24, 2.45) is 0 Å². The van der Waals surface area contributed by atoms with Crippen molar-refractivity contribution in [3.05, 3.63) is 58.9 Å². The second kappa shape index (κ2) is 7.61. The van der Waals surface area contributed by atoms with Gasteiger partial charge in [-0.15, -0.1) is 0 Å². The predicted molar refractivity (Wildman–Crippen MR) is 91.6 cm³/mol. The van der Waals surface area contributed by atoms with Crippen molar-refractivity contribution in [3.8, 4) is 5.75 Å². The molecule has 0 bridgehead atoms. The summed E-state index contributed by atoms with van der Waals surface area (Å²) in [5.41, 5.74) is 0.941. The highest BCUT2D eigenvalue weighted by atomic mass is 16.6. The van der Waals surface area contributed by atoms with Gasteiger partial charge in [-0.2, -0.15) is 0 Å². The molecule has 1 aliphatic rings. The summed E-state index contributed by atoms with van der Waals surface area (Å²) in [5, 5.41) is 11.0. The smallest absolute Gasteiger partial charge is 0.310 e. The highest BCUT2D eigenvalue weighted by Gasteiger charge is 2.22. The number of hydrogen-bond donors (Lipinski definition) is 0. The maximum absolute atomic E-state index is 12.3. The number of aromatic nitrogens is 1. The van der Waals surface area contributed by atoms with Gasteiger partial charge in [-0.3, -0.25) is 19.9 Å². The number of rotatable bonds is 5. The molecule has 8 nitrogen and oxygen atoms in total. The monoisotopic (exact) mass is 342 g/mol. The number of para-hydroxylation sites is 2. The molecule has 0 unspecified atom stereocenters. The molecule has 1 aromatic carbocycles. The fraction of sp³-hybridized carbons (Fsp3) is 0.294. The zero-order valence-electron chi connectivity index (χ0n) is 13.6. The van der Waals surface area contributed by atoms with Gasteiger partial charge < -0.3 is 14.5 Å². The molecule has 2 aromatic rings. The summed E-state index contributed by atoms with van der Waals surface area (Å²) in [6.07, 6.45) is 3.49. The second-order valence-corrected chi connectivity index (χ2v) is 5.59. The summed E-state index contributed by atoms with van der Waals surface area (Å²) >= 11 is 0. The van der Waals surface area contributed by atoms with Crippen LogP contribution in [0.15, 0.2) is 48.8 Å². The van der Waals surface area contributed by atoms with E-state index in [1.54, 1.807) is 29.4 Å². The lowest BCUT2D eigenvalue weighted by Crippen LogP contribution is -2.50. The Morgan fingerprint density at radius 1 is 1.12 bits per heavy atom. The van der Waals surface area contributed by atoms with Crippen LogP contribution in [0.2, 0.25) is 0 Å². The zero-order chi connectivity index (χ0) is 17.6. The minimum Gasteiger partial charge on any atom is -0.477 e. The van der Waals surface area contributed by atoms with Crippen LogP contribution in [0, 0.1) is 10.1 Å². The molecule has 1 aromatic heterocycles. The van der Waals surface area contributed by atoms with Crippen LogP contribution in [0.25, 0.3) is 0 Å². The van der Waals surface area contributed by atoms with Crippen LogP contribution in [-0.4, -0.2) is 53.5 Å². The van der Waals surface area contributed by atoms with E-state index in [4.69, 9.17) is 4.74 Å². The van der Waals surface area contributed by atoms with Crippen molar-refractivity contribution >= 4 is 17.3 Å². The number of benzene rings is 1. The van der Waals surface area contributed by atoms with Gasteiger partial charge in [0.2, 0.25) is 0 Å². The number of ether oxygens (including phenoxy) is 1. The molecule has 1 saturated heterocycles. The largest absolute Gasteiger partial charge is 0.477 e. The van der Waals surface area contributed by atoms with E-state index in [2.05, 4.69) is 9.88 Å². The van der Waals surface area contributed by atoms with Gasteiger partial charge in [0.15, 0.2) is 12.4 Å². The molecule has 2 heterocycles. The van der Waals surface area contributed by atoms with E-state index < -0.39 is 4.92 Å². The third-order valence-electron chi connectivity index (χ3n) is 4.07. The third kappa shape index (κ3) is 4.03.